The zero-order valence-corrected chi connectivity index (χ0v) is 13.4. The van der Waals surface area contributed by atoms with E-state index >= 15 is 0 Å². The van der Waals surface area contributed by atoms with Gasteiger partial charge in [0.1, 0.15) is 11.3 Å². The molecule has 3 aromatic heterocycles. The molecule has 3 heterocycles. The molecule has 0 spiro atoms. The maximum Gasteiger partial charge on any atom is 0.358 e. The molecule has 0 atom stereocenters. The predicted molar refractivity (Wildman–Crippen MR) is 86.1 cm³/mol. The molecule has 0 fully saturated rings. The van der Waals surface area contributed by atoms with Crippen LogP contribution in [0.4, 0.5) is 5.13 Å². The number of ether oxygens (including phenoxy) is 1. The van der Waals surface area contributed by atoms with E-state index in [0.717, 1.165) is 16.9 Å². The highest BCUT2D eigenvalue weighted by atomic mass is 32.1. The number of fused-ring (bicyclic) bond motifs is 1. The number of nitrogens with two attached hydrogens (primary N) is 1. The minimum atomic E-state index is -0.474. The number of nitrogens with zero attached hydrogens (tertiary/aromatic N) is 3. The maximum absolute atomic E-state index is 12.1. The smallest absolute Gasteiger partial charge is 0.358 e. The molecule has 2 N–H and O–H groups in total. The molecule has 0 radical (unpaired) electrons. The van der Waals surface area contributed by atoms with Crippen LogP contribution in [-0.2, 0) is 4.74 Å². The highest BCUT2D eigenvalue weighted by Gasteiger charge is 2.23. The van der Waals surface area contributed by atoms with Gasteiger partial charge in [0.05, 0.1) is 11.5 Å². The number of imidazole rings is 1. The molecule has 0 unspecified atom stereocenters. The largest absolute Gasteiger partial charge is 0.461 e. The van der Waals surface area contributed by atoms with Crippen LogP contribution in [0.1, 0.15) is 28.7 Å². The summed E-state index contributed by atoms with van der Waals surface area (Å²) >= 11 is 1.25. The molecule has 0 saturated heterocycles. The summed E-state index contributed by atoms with van der Waals surface area (Å²) < 4.78 is 7.03. The Labute approximate surface area is 131 Å². The molecule has 0 aromatic carbocycles. The minimum absolute atomic E-state index is 0.229. The van der Waals surface area contributed by atoms with Gasteiger partial charge in [-0.2, -0.15) is 0 Å². The van der Waals surface area contributed by atoms with Crippen LogP contribution >= 0.6 is 11.3 Å². The third-order valence-corrected chi connectivity index (χ3v) is 4.24. The van der Waals surface area contributed by atoms with Crippen molar-refractivity contribution in [3.05, 3.63) is 35.3 Å². The number of esters is 1. The first kappa shape index (κ1) is 14.5. The first-order valence-electron chi connectivity index (χ1n) is 6.90. The summed E-state index contributed by atoms with van der Waals surface area (Å²) in [4.78, 5) is 21.4. The van der Waals surface area contributed by atoms with Crippen LogP contribution in [0.25, 0.3) is 16.2 Å². The Morgan fingerprint density at radius 2 is 2.18 bits per heavy atom. The number of thiazole rings is 1. The second kappa shape index (κ2) is 5.42. The lowest BCUT2D eigenvalue weighted by molar-refractivity contribution is 0.0521. The Morgan fingerprint density at radius 3 is 2.91 bits per heavy atom. The Balaban J connectivity index is 2.19. The lowest BCUT2D eigenvalue weighted by atomic mass is 10.2. The van der Waals surface area contributed by atoms with E-state index in [2.05, 4.69) is 9.97 Å². The van der Waals surface area contributed by atoms with Gasteiger partial charge in [-0.05, 0) is 38.5 Å². The molecule has 6 nitrogen and oxygen atoms in total. The number of carbonyl (C=O) groups excluding carboxylic acids is 1. The minimum Gasteiger partial charge on any atom is -0.461 e. The van der Waals surface area contributed by atoms with Gasteiger partial charge < -0.3 is 14.9 Å². The van der Waals surface area contributed by atoms with Gasteiger partial charge in [-0.3, -0.25) is 0 Å². The molecule has 7 heteroatoms. The van der Waals surface area contributed by atoms with E-state index in [1.807, 2.05) is 36.6 Å². The highest BCUT2D eigenvalue weighted by molar-refractivity contribution is 7.19. The van der Waals surface area contributed by atoms with Crippen LogP contribution in [0.15, 0.2) is 18.3 Å². The molecule has 3 aromatic rings. The van der Waals surface area contributed by atoms with E-state index in [9.17, 15) is 4.79 Å². The fourth-order valence-electron chi connectivity index (χ4n) is 2.32. The maximum atomic E-state index is 12.1. The van der Waals surface area contributed by atoms with Gasteiger partial charge in [-0.15, -0.1) is 0 Å². The molecule has 0 bridgehead atoms. The van der Waals surface area contributed by atoms with Crippen molar-refractivity contribution in [3.8, 4) is 10.6 Å². The average molecular weight is 316 g/mol. The predicted octanol–water partition coefficient (Wildman–Crippen LogP) is 2.83. The third-order valence-electron chi connectivity index (χ3n) is 3.35. The van der Waals surface area contributed by atoms with Crippen molar-refractivity contribution >= 4 is 28.1 Å². The second-order valence-corrected chi connectivity index (χ2v) is 5.96. The Hall–Kier alpha value is -2.41. The molecular weight excluding hydrogens is 300 g/mol. The van der Waals surface area contributed by atoms with E-state index in [4.69, 9.17) is 10.5 Å². The summed E-state index contributed by atoms with van der Waals surface area (Å²) in [5.74, 6) is -0.474. The van der Waals surface area contributed by atoms with Crippen molar-refractivity contribution < 1.29 is 9.53 Å². The van der Waals surface area contributed by atoms with Gasteiger partial charge in [0.15, 0.2) is 10.8 Å². The highest BCUT2D eigenvalue weighted by Crippen LogP contribution is 2.34. The van der Waals surface area contributed by atoms with Crippen LogP contribution in [0, 0.1) is 13.8 Å². The SMILES string of the molecule is CCOC(=O)c1nc(N)sc1-c1nc2cc(C)ccn2c1C. The van der Waals surface area contributed by atoms with Crippen molar-refractivity contribution in [2.24, 2.45) is 0 Å². The van der Waals surface area contributed by atoms with Gasteiger partial charge in [0, 0.05) is 11.9 Å². The summed E-state index contributed by atoms with van der Waals surface area (Å²) in [7, 11) is 0. The number of nitrogen functional groups attached to an aromatic ring is 1. The molecule has 0 aliphatic carbocycles. The Kier molecular flexibility index (Phi) is 3.58. The van der Waals surface area contributed by atoms with Crippen molar-refractivity contribution in [3.63, 3.8) is 0 Å². The van der Waals surface area contributed by atoms with E-state index in [-0.39, 0.29) is 5.69 Å². The fourth-order valence-corrected chi connectivity index (χ4v) is 3.18. The van der Waals surface area contributed by atoms with Crippen LogP contribution < -0.4 is 5.73 Å². The normalized spacial score (nSPS) is 11.0. The van der Waals surface area contributed by atoms with Gasteiger partial charge in [0.25, 0.3) is 0 Å². The first-order valence-corrected chi connectivity index (χ1v) is 7.72. The van der Waals surface area contributed by atoms with Crippen molar-refractivity contribution in [2.45, 2.75) is 20.8 Å². The Morgan fingerprint density at radius 1 is 1.41 bits per heavy atom. The van der Waals surface area contributed by atoms with Crippen LogP contribution in [-0.4, -0.2) is 26.9 Å². The van der Waals surface area contributed by atoms with Crippen molar-refractivity contribution in [2.75, 3.05) is 12.3 Å². The van der Waals surface area contributed by atoms with Gasteiger partial charge in [0.2, 0.25) is 0 Å². The Bertz CT molecular complexity index is 866. The number of hydrogen-bond acceptors (Lipinski definition) is 6. The monoisotopic (exact) mass is 316 g/mol. The molecule has 0 aliphatic heterocycles. The fraction of sp³-hybridized carbons (Fsp3) is 0.267. The molecule has 3 rings (SSSR count). The molecule has 22 heavy (non-hydrogen) atoms. The van der Waals surface area contributed by atoms with E-state index < -0.39 is 5.97 Å². The summed E-state index contributed by atoms with van der Waals surface area (Å²) in [6.45, 7) is 6.01. The molecule has 0 aliphatic rings. The van der Waals surface area contributed by atoms with Gasteiger partial charge in [-0.25, -0.2) is 14.8 Å². The number of carbonyl (C=O) groups is 1. The summed E-state index contributed by atoms with van der Waals surface area (Å²) in [6.07, 6.45) is 1.96. The number of aromatic nitrogens is 3. The molecular formula is C15H16N4O2S. The second-order valence-electron chi connectivity index (χ2n) is 4.93. The first-order chi connectivity index (χ1) is 10.5. The van der Waals surface area contributed by atoms with Crippen LogP contribution in [0.5, 0.6) is 0 Å². The summed E-state index contributed by atoms with van der Waals surface area (Å²) in [5.41, 5.74) is 9.61. The number of anilines is 1. The third kappa shape index (κ3) is 2.33. The molecule has 114 valence electrons. The average Bonchev–Trinajstić information content (AvgIpc) is 3.00. The van der Waals surface area contributed by atoms with Crippen molar-refractivity contribution in [1.82, 2.24) is 14.4 Å². The zero-order valence-electron chi connectivity index (χ0n) is 12.6. The van der Waals surface area contributed by atoms with Crippen molar-refractivity contribution in [1.29, 1.82) is 0 Å². The standard InChI is InChI=1S/C15H16N4O2S/c1-4-21-14(20)12-13(22-15(16)18-12)11-9(3)19-6-5-8(2)7-10(19)17-11/h5-7H,4H2,1-3H3,(H2,16,18). The summed E-state index contributed by atoms with van der Waals surface area (Å²) in [5, 5.41) is 0.325. The summed E-state index contributed by atoms with van der Waals surface area (Å²) in [6, 6.07) is 4.00. The van der Waals surface area contributed by atoms with Gasteiger partial charge >= 0.3 is 5.97 Å². The number of pyridine rings is 1. The number of aryl methyl sites for hydroxylation is 2. The number of hydrogen-bond donors (Lipinski definition) is 1. The van der Waals surface area contributed by atoms with E-state index in [1.54, 1.807) is 6.92 Å². The topological polar surface area (TPSA) is 82.5 Å². The quantitative estimate of drug-likeness (QED) is 0.751. The van der Waals surface area contributed by atoms with E-state index in [0.29, 0.717) is 22.3 Å². The molecule has 0 amide bonds. The number of rotatable bonds is 3. The zero-order chi connectivity index (χ0) is 15.9. The van der Waals surface area contributed by atoms with E-state index in [1.165, 1.54) is 11.3 Å². The van der Waals surface area contributed by atoms with Gasteiger partial charge in [-0.1, -0.05) is 11.3 Å². The van der Waals surface area contributed by atoms with Crippen LogP contribution in [0.2, 0.25) is 0 Å². The van der Waals surface area contributed by atoms with Crippen LogP contribution in [0.3, 0.4) is 0 Å². The lowest BCUT2D eigenvalue weighted by Crippen LogP contribution is -2.07. The molecule has 0 saturated carbocycles. The lowest BCUT2D eigenvalue weighted by Gasteiger charge is -2.01.